The summed E-state index contributed by atoms with van der Waals surface area (Å²) in [5.41, 5.74) is 0. The summed E-state index contributed by atoms with van der Waals surface area (Å²) in [6.07, 6.45) is -68.5. The molecule has 0 aromatic heterocycles. The van der Waals surface area contributed by atoms with Crippen molar-refractivity contribution < 1.29 is 0 Å². The Labute approximate surface area is 592 Å². The summed E-state index contributed by atoms with van der Waals surface area (Å²) in [4.78, 5) is 0. The average molecular weight is 930 g/mol. The molecule has 0 heterocycles. The Balaban J connectivity index is 13.1. The van der Waals surface area contributed by atoms with Gasteiger partial charge in [0.15, 0.2) is 0 Å². The SMILES string of the molecule is [B]B([B])B(B([B])[B])B(B([B])B([B])S)B(B(B([B])[B])B([B])[B])B(B(B(B(B([B])[B])B([B])[B])B(B([B])[B])B([B])[B])B(B(B([B])[B])B([B])[B])B(B([B])[B])B([B])[B])B(B(B(B([B])[B])B([B])[B])B(B([B])[B])B([B])[B])B(B(B([B])[B])B([B])[B])B(B([B])[B])B([B])[B]. The van der Waals surface area contributed by atoms with Crippen molar-refractivity contribution >= 4 is 599 Å². The summed E-state index contributed by atoms with van der Waals surface area (Å²) in [6.45, 7) is 0. The van der Waals surface area contributed by atoms with Crippen molar-refractivity contribution in [2.24, 2.45) is 0 Å². The van der Waals surface area contributed by atoms with Gasteiger partial charge in [0.2, 0.25) is 0 Å². The largest absolute Gasteiger partial charge is 0.248 e. The highest BCUT2D eigenvalue weighted by Crippen LogP contribution is 2.28. The molecule has 0 saturated heterocycles. The van der Waals surface area contributed by atoms with E-state index in [-0.39, 0.29) is 0 Å². The molecule has 84 heteroatoms. The normalized spacial score (nSPS) is 9.82. The van der Waals surface area contributed by atoms with Gasteiger partial charge in [-0.25, -0.2) is 12.5 Å². The zero-order valence-corrected chi connectivity index (χ0v) is 49.3. The van der Waals surface area contributed by atoms with Crippen molar-refractivity contribution in [2.45, 2.75) is 0 Å². The van der Waals surface area contributed by atoms with Gasteiger partial charge in [-0.05, 0) is 0 Å². The molecule has 0 rings (SSSR count). The van der Waals surface area contributed by atoms with Gasteiger partial charge in [-0.1, -0.05) is 0 Å². The molecule has 0 aliphatic carbocycles. The van der Waals surface area contributed by atoms with Crippen LogP contribution in [0.3, 0.4) is 0 Å². The highest BCUT2D eigenvalue weighted by Gasteiger charge is 2.66. The number of hydrogen-bond acceptors (Lipinski definition) is 1. The summed E-state index contributed by atoms with van der Waals surface area (Å²) in [5.74, 6) is -1.47. The first-order valence-corrected chi connectivity index (χ1v) is 28.1. The molecular weight excluding hydrogens is 929 g/mol. The fraction of sp³-hybridized carbons (Fsp3) is 0. The van der Waals surface area contributed by atoms with Crippen LogP contribution in [-0.4, -0.2) is 586 Å². The summed E-state index contributed by atoms with van der Waals surface area (Å²) < 4.78 is 0. The van der Waals surface area contributed by atoms with Crippen molar-refractivity contribution in [3.8, 4) is 0 Å². The van der Waals surface area contributed by atoms with Gasteiger partial charge in [-0.15, -0.1) is 0 Å². The minimum Gasteiger partial charge on any atom is -0.248 e. The molecule has 84 heavy (non-hydrogen) atoms. The lowest BCUT2D eigenvalue weighted by atomic mass is 8.20. The molecule has 0 atom stereocenters. The van der Waals surface area contributed by atoms with Crippen LogP contribution in [0.2, 0.25) is 0 Å². The molecule has 0 aliphatic heterocycles. The van der Waals surface area contributed by atoms with Gasteiger partial charge in [0, 0.05) is 580 Å². The maximum absolute atomic E-state index is 7.44. The first-order chi connectivity index (χ1) is 38.2. The van der Waals surface area contributed by atoms with Gasteiger partial charge < -0.3 is 0 Å². The van der Waals surface area contributed by atoms with E-state index in [9.17, 15) is 0 Å². The van der Waals surface area contributed by atoms with Crippen LogP contribution in [0.15, 0.2) is 0 Å². The molecule has 0 unspecified atom stereocenters. The van der Waals surface area contributed by atoms with Crippen LogP contribution in [0.1, 0.15) is 0 Å². The fourth-order valence-corrected chi connectivity index (χ4v) is 15.1. The van der Waals surface area contributed by atoms with E-state index in [1.54, 1.807) is 0 Å². The Morgan fingerprint density at radius 2 is 0.179 bits per heavy atom. The molecule has 0 aromatic carbocycles. The van der Waals surface area contributed by atoms with E-state index in [0.29, 0.717) is 0 Å². The van der Waals surface area contributed by atoms with Gasteiger partial charge in [0.05, 0.1) is 0 Å². The predicted octanol–water partition coefficient (Wildman–Crippen LogP) is -31.2. The maximum Gasteiger partial charge on any atom is 0.107 e. The highest BCUT2D eigenvalue weighted by molar-refractivity contribution is 8.43. The van der Waals surface area contributed by atoms with Crippen LogP contribution < -0.4 is 0 Å². The van der Waals surface area contributed by atoms with E-state index in [1.165, 1.54) is 0 Å². The molecule has 0 fully saturated rings. The zero-order valence-electron chi connectivity index (χ0n) is 48.4. The van der Waals surface area contributed by atoms with Gasteiger partial charge in [0.1, 0.15) is 5.77 Å². The zero-order chi connectivity index (χ0) is 66.7. The minimum atomic E-state index is -1.99. The molecule has 0 aromatic rings. The summed E-state index contributed by atoms with van der Waals surface area (Å²) in [7, 11) is 291. The number of hydrogen-bond donors (Lipinski definition) is 1. The Bertz CT molecular complexity index is 1330. The lowest BCUT2D eigenvalue weighted by Crippen LogP contribution is -3.00. The van der Waals surface area contributed by atoms with Gasteiger partial charge in [-0.3, -0.25) is 0 Å². The Kier molecular flexibility index (Phi) is 44.0. The summed E-state index contributed by atoms with van der Waals surface area (Å²) in [5, 5.41) is 0. The minimum absolute atomic E-state index is 1.47. The average Bonchev–Trinajstić information content (AvgIpc) is 3.26. The standard InChI is InChI=1S/B83HS/c1-43(2)65(44(3)4)75(63(41)64(42)84)80(74(61(37)38)62(39)40)83(81(76(66(45(5)6)46(7)8)67(47(9)10)48(11)12)77(68(49(13)14)50(15)16)69(51(17)18)52(19)20)82(78(70(53(21)22)54(23)24)71(55(25)26)56(27)28)79(72(57(29)30)58(31)32)73(59(33)34)60(35)36/h84H. The number of rotatable bonds is 40. The van der Waals surface area contributed by atoms with E-state index in [2.05, 4.69) is 0 Å². The van der Waals surface area contributed by atoms with Crippen LogP contribution in [-0.2, 0) is 0 Å². The van der Waals surface area contributed by atoms with Crippen LogP contribution in [0.4, 0.5) is 0 Å². The second-order valence-electron chi connectivity index (χ2n) is 23.6. The molecule has 0 spiro atoms. The quantitative estimate of drug-likeness (QED) is 0.0459. The van der Waals surface area contributed by atoms with E-state index in [4.69, 9.17) is 337 Å². The van der Waals surface area contributed by atoms with Crippen molar-refractivity contribution in [3.05, 3.63) is 0 Å². The summed E-state index contributed by atoms with van der Waals surface area (Å²) >= 11 is 4.69. The summed E-state index contributed by atoms with van der Waals surface area (Å²) in [6, 6.07) is 0. The second kappa shape index (κ2) is 41.2. The third-order valence-electron chi connectivity index (χ3n) is 17.7. The van der Waals surface area contributed by atoms with Crippen LogP contribution in [0, 0.1) is 0 Å². The highest BCUT2D eigenvalue weighted by atomic mass is 32.1. The third kappa shape index (κ3) is 24.0. The van der Waals surface area contributed by atoms with Crippen molar-refractivity contribution in [3.63, 3.8) is 0 Å². The Morgan fingerprint density at radius 3 is 0.262 bits per heavy atom. The molecule has 256 valence electrons. The monoisotopic (exact) mass is 947 g/mol. The molecule has 0 N–H and O–H groups in total. The molecule has 0 saturated carbocycles. The van der Waals surface area contributed by atoms with Gasteiger partial charge >= 0.3 is 0 Å². The van der Waals surface area contributed by atoms with Gasteiger partial charge in [0.25, 0.3) is 0 Å². The smallest absolute Gasteiger partial charge is 0.107 e. The van der Waals surface area contributed by atoms with Crippen LogP contribution in [0.25, 0.3) is 0 Å². The Hall–Kier alpha value is 5.74. The van der Waals surface area contributed by atoms with Gasteiger partial charge in [-0.2, -0.15) is 0 Å². The van der Waals surface area contributed by atoms with Crippen LogP contribution >= 0.6 is 12.5 Å². The molecule has 84 radical (unpaired) electrons. The molecule has 0 nitrogen and oxygen atoms in total. The topological polar surface area (TPSA) is 0 Å². The first kappa shape index (κ1) is 89.7. The number of thiol groups is 1. The Morgan fingerprint density at radius 1 is 0.107 bits per heavy atom. The van der Waals surface area contributed by atoms with E-state index >= 15 is 0 Å². The van der Waals surface area contributed by atoms with E-state index in [1.807, 2.05) is 0 Å². The molecule has 0 bridgehead atoms. The molecular formula is HB83S. The molecule has 0 aliphatic rings. The lowest BCUT2D eigenvalue weighted by Gasteiger charge is -2.62. The van der Waals surface area contributed by atoms with Crippen molar-refractivity contribution in [1.82, 2.24) is 0 Å². The van der Waals surface area contributed by atoms with E-state index in [0.717, 1.165) is 0 Å². The van der Waals surface area contributed by atoms with Crippen LogP contribution in [0.5, 0.6) is 0 Å². The van der Waals surface area contributed by atoms with Crippen molar-refractivity contribution in [1.29, 1.82) is 0 Å². The fourth-order valence-electron chi connectivity index (χ4n) is 14.9. The third-order valence-corrected chi connectivity index (χ3v) is 18.1. The van der Waals surface area contributed by atoms with Crippen molar-refractivity contribution in [2.75, 3.05) is 0 Å². The lowest BCUT2D eigenvalue weighted by molar-refractivity contribution is 3.14. The predicted molar refractivity (Wildman–Crippen MR) is 487 cm³/mol. The first-order valence-electron chi connectivity index (χ1n) is 27.6. The van der Waals surface area contributed by atoms with E-state index < -0.39 is 261 Å². The molecule has 0 amide bonds. The second-order valence-corrected chi connectivity index (χ2v) is 24.2. The maximum atomic E-state index is 7.44.